The Morgan fingerprint density at radius 3 is 1.34 bits per heavy atom. The molecule has 0 spiro atoms. The lowest BCUT2D eigenvalue weighted by Crippen LogP contribution is -2.54. The van der Waals surface area contributed by atoms with Crippen LogP contribution in [0.25, 0.3) is 0 Å². The van der Waals surface area contributed by atoms with Crippen molar-refractivity contribution >= 4 is 34.6 Å². The van der Waals surface area contributed by atoms with Crippen LogP contribution < -0.4 is 9.80 Å². The number of carbonyl (C=O) groups excluding carboxylic acids is 2. The molecular weight excluding hydrogens is 424 g/mol. The number of ether oxygens (including phenoxy) is 2. The SMILES string of the molecule is O=C1C[C@H]2O[C@@H]3[C@@H](CC(=O)N3c3ccc([N+](=O)[O-])cc3)O[C@H]2N1c1ccc([N+](=O)[O-])cc1. The topological polar surface area (TPSA) is 145 Å². The van der Waals surface area contributed by atoms with Gasteiger partial charge in [-0.15, -0.1) is 0 Å². The van der Waals surface area contributed by atoms with Crippen LogP contribution in [0.1, 0.15) is 12.8 Å². The average molecular weight is 440 g/mol. The highest BCUT2D eigenvalue weighted by molar-refractivity contribution is 5.98. The molecule has 3 heterocycles. The third-order valence-electron chi connectivity index (χ3n) is 5.74. The van der Waals surface area contributed by atoms with Crippen molar-refractivity contribution in [2.75, 3.05) is 9.80 Å². The Hall–Kier alpha value is -3.90. The first-order valence-electron chi connectivity index (χ1n) is 9.77. The molecule has 3 saturated heterocycles. The summed E-state index contributed by atoms with van der Waals surface area (Å²) in [5.41, 5.74) is 0.675. The van der Waals surface area contributed by atoms with E-state index in [4.69, 9.17) is 9.47 Å². The maximum atomic E-state index is 12.7. The second-order valence-electron chi connectivity index (χ2n) is 7.61. The average Bonchev–Trinajstić information content (AvgIpc) is 3.26. The fourth-order valence-electron chi connectivity index (χ4n) is 4.30. The zero-order valence-corrected chi connectivity index (χ0v) is 16.4. The number of rotatable bonds is 4. The number of amides is 2. The molecule has 0 saturated carbocycles. The number of nitro groups is 2. The van der Waals surface area contributed by atoms with Gasteiger partial charge < -0.3 is 9.47 Å². The Labute approximate surface area is 180 Å². The van der Waals surface area contributed by atoms with Gasteiger partial charge in [-0.25, -0.2) is 0 Å². The number of nitro benzene ring substituents is 2. The van der Waals surface area contributed by atoms with Gasteiger partial charge in [-0.3, -0.25) is 39.6 Å². The molecule has 2 amide bonds. The Balaban J connectivity index is 1.38. The van der Waals surface area contributed by atoms with Crippen LogP contribution in [0.2, 0.25) is 0 Å². The van der Waals surface area contributed by atoms with E-state index in [-0.39, 0.29) is 36.0 Å². The van der Waals surface area contributed by atoms with E-state index in [1.165, 1.54) is 58.3 Å². The van der Waals surface area contributed by atoms with Crippen molar-refractivity contribution in [3.05, 3.63) is 68.8 Å². The maximum absolute atomic E-state index is 12.7. The van der Waals surface area contributed by atoms with E-state index >= 15 is 0 Å². The van der Waals surface area contributed by atoms with E-state index in [0.29, 0.717) is 11.4 Å². The van der Waals surface area contributed by atoms with Gasteiger partial charge in [0.25, 0.3) is 11.4 Å². The van der Waals surface area contributed by atoms with Gasteiger partial charge in [-0.1, -0.05) is 0 Å². The van der Waals surface area contributed by atoms with Gasteiger partial charge >= 0.3 is 0 Å². The predicted octanol–water partition coefficient (Wildman–Crippen LogP) is 2.11. The summed E-state index contributed by atoms with van der Waals surface area (Å²) in [6.45, 7) is 0. The van der Waals surface area contributed by atoms with E-state index in [9.17, 15) is 29.8 Å². The van der Waals surface area contributed by atoms with E-state index in [1.54, 1.807) is 0 Å². The highest BCUT2D eigenvalue weighted by Gasteiger charge is 2.55. The van der Waals surface area contributed by atoms with Crippen molar-refractivity contribution in [2.24, 2.45) is 0 Å². The predicted molar refractivity (Wildman–Crippen MR) is 108 cm³/mol. The first kappa shape index (κ1) is 20.0. The van der Waals surface area contributed by atoms with Gasteiger partial charge in [0.15, 0.2) is 12.5 Å². The standard InChI is InChI=1S/C20H16N4O8/c25-17-9-15-19(21(17)11-1-5-13(6-2-11)23(27)28)31-16-10-18(26)22(20(16)32-15)12-3-7-14(8-4-12)24(29)30/h1-8,15-16,19-20H,9-10H2/t15-,16-,19-,20-/m1/s1. The summed E-state index contributed by atoms with van der Waals surface area (Å²) in [7, 11) is 0. The molecule has 3 aliphatic heterocycles. The molecular formula is C20H16N4O8. The van der Waals surface area contributed by atoms with E-state index < -0.39 is 34.5 Å². The van der Waals surface area contributed by atoms with Crippen LogP contribution in [0.3, 0.4) is 0 Å². The van der Waals surface area contributed by atoms with Crippen LogP contribution in [-0.2, 0) is 19.1 Å². The van der Waals surface area contributed by atoms with Crippen LogP contribution in [0.5, 0.6) is 0 Å². The molecule has 0 N–H and O–H groups in total. The normalized spacial score (nSPS) is 26.8. The summed E-state index contributed by atoms with van der Waals surface area (Å²) in [5.74, 6) is -0.524. The molecule has 12 heteroatoms. The number of hydrogen-bond acceptors (Lipinski definition) is 8. The second kappa shape index (κ2) is 7.35. The number of hydrogen-bond donors (Lipinski definition) is 0. The summed E-state index contributed by atoms with van der Waals surface area (Å²) in [4.78, 5) is 48.9. The van der Waals surface area contributed by atoms with Crippen molar-refractivity contribution in [1.82, 2.24) is 0 Å². The second-order valence-corrected chi connectivity index (χ2v) is 7.61. The van der Waals surface area contributed by atoms with Gasteiger partial charge in [0.05, 0.1) is 22.7 Å². The third-order valence-corrected chi connectivity index (χ3v) is 5.74. The van der Waals surface area contributed by atoms with Crippen LogP contribution >= 0.6 is 0 Å². The fraction of sp³-hybridized carbons (Fsp3) is 0.300. The van der Waals surface area contributed by atoms with Crippen molar-refractivity contribution in [3.63, 3.8) is 0 Å². The molecule has 0 radical (unpaired) electrons. The highest BCUT2D eigenvalue weighted by Crippen LogP contribution is 2.41. The number of fused-ring (bicyclic) bond motifs is 2. The summed E-state index contributed by atoms with van der Waals surface area (Å²) in [6.07, 6.45) is -2.79. The van der Waals surface area contributed by atoms with E-state index in [2.05, 4.69) is 0 Å². The molecule has 2 aromatic carbocycles. The lowest BCUT2D eigenvalue weighted by atomic mass is 10.2. The molecule has 32 heavy (non-hydrogen) atoms. The first-order chi connectivity index (χ1) is 15.3. The minimum absolute atomic E-state index is 0.0210. The zero-order chi connectivity index (χ0) is 22.6. The molecule has 3 fully saturated rings. The monoisotopic (exact) mass is 440 g/mol. The summed E-state index contributed by atoms with van der Waals surface area (Å²) in [5, 5.41) is 21.8. The van der Waals surface area contributed by atoms with Gasteiger partial charge in [0.2, 0.25) is 11.8 Å². The van der Waals surface area contributed by atoms with Gasteiger partial charge in [0, 0.05) is 35.6 Å². The Morgan fingerprint density at radius 2 is 1.03 bits per heavy atom. The summed E-state index contributed by atoms with van der Waals surface area (Å²) in [6, 6.07) is 11.1. The number of nitrogens with zero attached hydrogens (tertiary/aromatic N) is 4. The van der Waals surface area contributed by atoms with Crippen molar-refractivity contribution in [3.8, 4) is 0 Å². The maximum Gasteiger partial charge on any atom is 0.269 e. The molecule has 5 rings (SSSR count). The molecule has 164 valence electrons. The summed E-state index contributed by atoms with van der Waals surface area (Å²) >= 11 is 0. The molecule has 3 aliphatic rings. The molecule has 0 aliphatic carbocycles. The molecule has 0 aromatic heterocycles. The van der Waals surface area contributed by atoms with E-state index in [1.807, 2.05) is 0 Å². The number of benzene rings is 2. The third kappa shape index (κ3) is 3.16. The smallest absolute Gasteiger partial charge is 0.269 e. The fourth-order valence-corrected chi connectivity index (χ4v) is 4.30. The van der Waals surface area contributed by atoms with Gasteiger partial charge in [0.1, 0.15) is 12.2 Å². The molecule has 2 aromatic rings. The Kier molecular flexibility index (Phi) is 4.60. The van der Waals surface area contributed by atoms with Gasteiger partial charge in [-0.05, 0) is 24.3 Å². The largest absolute Gasteiger partial charge is 0.347 e. The minimum atomic E-state index is -0.769. The van der Waals surface area contributed by atoms with Crippen LogP contribution in [0.4, 0.5) is 22.7 Å². The number of anilines is 2. The van der Waals surface area contributed by atoms with Crippen molar-refractivity contribution in [2.45, 2.75) is 37.5 Å². The molecule has 0 unspecified atom stereocenters. The molecule has 0 bridgehead atoms. The summed E-state index contributed by atoms with van der Waals surface area (Å²) < 4.78 is 12.2. The van der Waals surface area contributed by atoms with Crippen molar-refractivity contribution in [1.29, 1.82) is 0 Å². The van der Waals surface area contributed by atoms with Crippen LogP contribution in [-0.4, -0.2) is 46.3 Å². The number of non-ortho nitro benzene ring substituents is 2. The lowest BCUT2D eigenvalue weighted by Gasteiger charge is -2.40. The molecule has 4 atom stereocenters. The first-order valence-corrected chi connectivity index (χ1v) is 9.77. The minimum Gasteiger partial charge on any atom is -0.347 e. The van der Waals surface area contributed by atoms with Crippen LogP contribution in [0.15, 0.2) is 48.5 Å². The zero-order valence-electron chi connectivity index (χ0n) is 16.4. The quantitative estimate of drug-likeness (QED) is 0.519. The lowest BCUT2D eigenvalue weighted by molar-refractivity contribution is -0.385. The molecule has 12 nitrogen and oxygen atoms in total. The van der Waals surface area contributed by atoms with E-state index in [0.717, 1.165) is 0 Å². The Morgan fingerprint density at radius 1 is 0.688 bits per heavy atom. The van der Waals surface area contributed by atoms with Crippen LogP contribution in [0, 0.1) is 20.2 Å². The Bertz CT molecular complexity index is 1030. The van der Waals surface area contributed by atoms with Gasteiger partial charge in [-0.2, -0.15) is 0 Å². The highest BCUT2D eigenvalue weighted by atomic mass is 16.6. The van der Waals surface area contributed by atoms with Crippen molar-refractivity contribution < 1.29 is 28.9 Å². The number of carbonyl (C=O) groups is 2.